The van der Waals surface area contributed by atoms with Crippen molar-refractivity contribution < 1.29 is 4.79 Å². The van der Waals surface area contributed by atoms with Gasteiger partial charge >= 0.3 is 6.03 Å². The number of carbonyl (C=O) groups excluding carboxylic acids is 1. The second-order valence-electron chi connectivity index (χ2n) is 7.82. The molecule has 1 aromatic heterocycles. The average molecular weight is 354 g/mol. The van der Waals surface area contributed by atoms with Crippen LogP contribution in [0.25, 0.3) is 0 Å². The number of rotatable bonds is 4. The molecule has 26 heavy (non-hydrogen) atoms. The Morgan fingerprint density at radius 2 is 1.73 bits per heavy atom. The number of likely N-dealkylation sites (tertiary alicyclic amines) is 1. The number of anilines is 1. The predicted molar refractivity (Wildman–Crippen MR) is 106 cm³/mol. The Morgan fingerprint density at radius 3 is 2.23 bits per heavy atom. The topological polar surface area (TPSA) is 61.0 Å². The van der Waals surface area contributed by atoms with Crippen molar-refractivity contribution in [1.29, 1.82) is 0 Å². The van der Waals surface area contributed by atoms with E-state index in [1.165, 1.54) is 16.8 Å². The Morgan fingerprint density at radius 1 is 1.12 bits per heavy atom. The van der Waals surface area contributed by atoms with E-state index in [1.807, 2.05) is 11.0 Å². The van der Waals surface area contributed by atoms with Gasteiger partial charge in [0.1, 0.15) is 0 Å². The van der Waals surface area contributed by atoms with Crippen molar-refractivity contribution in [2.45, 2.75) is 58.3 Å². The van der Waals surface area contributed by atoms with E-state index in [0.717, 1.165) is 31.6 Å². The Hall–Kier alpha value is -2.30. The number of aromatic nitrogens is 2. The zero-order chi connectivity index (χ0) is 18.7. The van der Waals surface area contributed by atoms with Gasteiger partial charge in [-0.15, -0.1) is 0 Å². The number of nitrogens with zero attached hydrogens (tertiary/aromatic N) is 2. The van der Waals surface area contributed by atoms with E-state index in [9.17, 15) is 4.79 Å². The van der Waals surface area contributed by atoms with Gasteiger partial charge in [-0.3, -0.25) is 5.10 Å². The van der Waals surface area contributed by atoms with Crippen LogP contribution in [0.1, 0.15) is 75.1 Å². The predicted octanol–water partition coefficient (Wildman–Crippen LogP) is 5.07. The lowest BCUT2D eigenvalue weighted by Crippen LogP contribution is -2.41. The highest BCUT2D eigenvalue weighted by atomic mass is 16.2. The molecule has 1 aliphatic heterocycles. The summed E-state index contributed by atoms with van der Waals surface area (Å²) in [5.74, 6) is 1.21. The van der Waals surface area contributed by atoms with Crippen LogP contribution >= 0.6 is 0 Å². The Bertz CT molecular complexity index is 702. The molecule has 2 heterocycles. The monoisotopic (exact) mass is 354 g/mol. The summed E-state index contributed by atoms with van der Waals surface area (Å²) in [4.78, 5) is 14.8. The lowest BCUT2D eigenvalue weighted by Gasteiger charge is -2.32. The van der Waals surface area contributed by atoms with Crippen LogP contribution < -0.4 is 5.32 Å². The van der Waals surface area contributed by atoms with E-state index in [-0.39, 0.29) is 6.03 Å². The van der Waals surface area contributed by atoms with Crippen LogP contribution in [0.2, 0.25) is 0 Å². The zero-order valence-corrected chi connectivity index (χ0v) is 16.2. The van der Waals surface area contributed by atoms with Gasteiger partial charge in [-0.05, 0) is 41.9 Å². The van der Waals surface area contributed by atoms with Crippen LogP contribution in [-0.2, 0) is 0 Å². The van der Waals surface area contributed by atoms with Crippen molar-refractivity contribution in [3.8, 4) is 0 Å². The number of benzene rings is 1. The van der Waals surface area contributed by atoms with E-state index < -0.39 is 0 Å². The van der Waals surface area contributed by atoms with E-state index in [1.54, 1.807) is 6.20 Å². The van der Waals surface area contributed by atoms with Gasteiger partial charge in [-0.2, -0.15) is 5.10 Å². The molecular weight excluding hydrogens is 324 g/mol. The number of amides is 2. The third-order valence-corrected chi connectivity index (χ3v) is 5.35. The molecule has 1 aliphatic rings. The fourth-order valence-corrected chi connectivity index (χ4v) is 3.77. The molecule has 5 nitrogen and oxygen atoms in total. The molecule has 2 aromatic rings. The third-order valence-electron chi connectivity index (χ3n) is 5.35. The van der Waals surface area contributed by atoms with E-state index in [2.05, 4.69) is 61.4 Å². The van der Waals surface area contributed by atoms with Gasteiger partial charge in [-0.25, -0.2) is 4.79 Å². The summed E-state index contributed by atoms with van der Waals surface area (Å²) in [5.41, 5.74) is 4.59. The minimum Gasteiger partial charge on any atom is -0.324 e. The normalized spacial score (nSPS) is 15.7. The molecule has 0 unspecified atom stereocenters. The summed E-state index contributed by atoms with van der Waals surface area (Å²) in [6.45, 7) is 10.2. The average Bonchev–Trinajstić information content (AvgIpc) is 3.16. The number of hydrogen-bond acceptors (Lipinski definition) is 2. The Kier molecular flexibility index (Phi) is 5.64. The number of piperidine rings is 1. The summed E-state index contributed by atoms with van der Waals surface area (Å²) >= 11 is 0. The quantitative estimate of drug-likeness (QED) is 0.805. The Balaban J connectivity index is 1.71. The lowest BCUT2D eigenvalue weighted by molar-refractivity contribution is 0.194. The van der Waals surface area contributed by atoms with Gasteiger partial charge < -0.3 is 10.2 Å². The SMILES string of the molecule is CC(C)c1cccc(C(C)C)c1NC(=O)N1CCC(c2ccn[nH]2)CC1. The Labute approximate surface area is 156 Å². The van der Waals surface area contributed by atoms with Gasteiger partial charge in [0.15, 0.2) is 0 Å². The molecule has 3 rings (SSSR count). The van der Waals surface area contributed by atoms with Crippen molar-refractivity contribution in [3.05, 3.63) is 47.3 Å². The highest BCUT2D eigenvalue weighted by molar-refractivity contribution is 5.91. The number of aromatic amines is 1. The maximum Gasteiger partial charge on any atom is 0.321 e. The molecule has 0 saturated carbocycles. The first kappa shape index (κ1) is 18.5. The summed E-state index contributed by atoms with van der Waals surface area (Å²) in [6.07, 6.45) is 3.74. The molecule has 2 N–H and O–H groups in total. The number of H-pyrrole nitrogens is 1. The second kappa shape index (κ2) is 7.94. The third kappa shape index (κ3) is 3.92. The number of nitrogens with one attached hydrogen (secondary N) is 2. The molecule has 0 bridgehead atoms. The molecule has 0 aliphatic carbocycles. The van der Waals surface area contributed by atoms with Crippen molar-refractivity contribution in [1.82, 2.24) is 15.1 Å². The van der Waals surface area contributed by atoms with Crippen molar-refractivity contribution >= 4 is 11.7 Å². The number of urea groups is 1. The first-order chi connectivity index (χ1) is 12.5. The zero-order valence-electron chi connectivity index (χ0n) is 16.2. The summed E-state index contributed by atoms with van der Waals surface area (Å²) in [5, 5.41) is 10.3. The second-order valence-corrected chi connectivity index (χ2v) is 7.82. The summed E-state index contributed by atoms with van der Waals surface area (Å²) in [6, 6.07) is 8.39. The van der Waals surface area contributed by atoms with Crippen molar-refractivity contribution in [2.75, 3.05) is 18.4 Å². The van der Waals surface area contributed by atoms with Crippen LogP contribution in [0.3, 0.4) is 0 Å². The van der Waals surface area contributed by atoms with Gasteiger partial charge in [0.2, 0.25) is 0 Å². The van der Waals surface area contributed by atoms with Crippen LogP contribution in [0.15, 0.2) is 30.5 Å². The lowest BCUT2D eigenvalue weighted by atomic mass is 9.92. The molecule has 1 aromatic carbocycles. The fraction of sp³-hybridized carbons (Fsp3) is 0.524. The van der Waals surface area contributed by atoms with E-state index in [0.29, 0.717) is 17.8 Å². The highest BCUT2D eigenvalue weighted by Crippen LogP contribution is 2.33. The molecule has 1 saturated heterocycles. The largest absolute Gasteiger partial charge is 0.324 e. The molecular formula is C21H30N4O. The van der Waals surface area contributed by atoms with Crippen molar-refractivity contribution in [2.24, 2.45) is 0 Å². The fourth-order valence-electron chi connectivity index (χ4n) is 3.77. The van der Waals surface area contributed by atoms with Crippen LogP contribution in [0.4, 0.5) is 10.5 Å². The molecule has 0 radical (unpaired) electrons. The molecule has 1 fully saturated rings. The first-order valence-corrected chi connectivity index (χ1v) is 9.65. The molecule has 0 atom stereocenters. The molecule has 2 amide bonds. The number of hydrogen-bond donors (Lipinski definition) is 2. The maximum absolute atomic E-state index is 12.9. The summed E-state index contributed by atoms with van der Waals surface area (Å²) in [7, 11) is 0. The van der Waals surface area contributed by atoms with Crippen molar-refractivity contribution in [3.63, 3.8) is 0 Å². The standard InChI is InChI=1S/C21H30N4O/c1-14(2)17-6-5-7-18(15(3)4)20(17)23-21(26)25-12-9-16(10-13-25)19-8-11-22-24-19/h5-8,11,14-16H,9-10,12-13H2,1-4H3,(H,22,24)(H,23,26). The smallest absolute Gasteiger partial charge is 0.321 e. The van der Waals surface area contributed by atoms with Gasteiger partial charge in [0.25, 0.3) is 0 Å². The number of carbonyl (C=O) groups is 1. The van der Waals surface area contributed by atoms with E-state index in [4.69, 9.17) is 0 Å². The van der Waals surface area contributed by atoms with Crippen LogP contribution in [-0.4, -0.2) is 34.2 Å². The highest BCUT2D eigenvalue weighted by Gasteiger charge is 2.26. The summed E-state index contributed by atoms with van der Waals surface area (Å²) < 4.78 is 0. The van der Waals surface area contributed by atoms with Gasteiger partial charge in [0.05, 0.1) is 0 Å². The van der Waals surface area contributed by atoms with E-state index >= 15 is 0 Å². The molecule has 140 valence electrons. The maximum atomic E-state index is 12.9. The minimum absolute atomic E-state index is 0.0167. The van der Waals surface area contributed by atoms with Gasteiger partial charge in [0, 0.05) is 36.6 Å². The molecule has 0 spiro atoms. The van der Waals surface area contributed by atoms with Crippen LogP contribution in [0.5, 0.6) is 0 Å². The van der Waals surface area contributed by atoms with Gasteiger partial charge in [-0.1, -0.05) is 45.9 Å². The number of para-hydroxylation sites is 1. The van der Waals surface area contributed by atoms with Crippen LogP contribution in [0, 0.1) is 0 Å². The molecule has 5 heteroatoms. The minimum atomic E-state index is 0.0167. The first-order valence-electron chi connectivity index (χ1n) is 9.65.